The summed E-state index contributed by atoms with van der Waals surface area (Å²) in [5.74, 6) is 0. The fraction of sp³-hybridized carbons (Fsp3) is 0.0233. The van der Waals surface area contributed by atoms with Crippen LogP contribution < -0.4 is 5.32 Å². The highest BCUT2D eigenvalue weighted by molar-refractivity contribution is 7.25. The third-order valence-corrected chi connectivity index (χ3v) is 12.1. The van der Waals surface area contributed by atoms with E-state index in [1.807, 2.05) is 29.7 Å². The van der Waals surface area contributed by atoms with Gasteiger partial charge in [0.15, 0.2) is 0 Å². The van der Waals surface area contributed by atoms with Crippen molar-refractivity contribution in [1.29, 1.82) is 0 Å². The molecule has 0 radical (unpaired) electrons. The number of aliphatic imine (C=N–C) groups is 1. The van der Waals surface area contributed by atoms with Gasteiger partial charge < -0.3 is 9.88 Å². The number of nitrogens with one attached hydrogen (secondary N) is 1. The predicted octanol–water partition coefficient (Wildman–Crippen LogP) is 12.3. The Morgan fingerprint density at radius 3 is 2.14 bits per heavy atom. The number of hydrogen-bond donors (Lipinski definition) is 1. The van der Waals surface area contributed by atoms with Gasteiger partial charge in [-0.1, -0.05) is 91.0 Å². The molecule has 5 heterocycles. The maximum atomic E-state index is 5.61. The van der Waals surface area contributed by atoms with Gasteiger partial charge in [0.25, 0.3) is 0 Å². The quantitative estimate of drug-likeness (QED) is 0.205. The maximum Gasteiger partial charge on any atom is 0.149 e. The number of benzene rings is 6. The Labute approximate surface area is 289 Å². The summed E-state index contributed by atoms with van der Waals surface area (Å²) in [7, 11) is 0. The Balaban J connectivity index is 1.18. The number of para-hydroxylation sites is 1. The van der Waals surface area contributed by atoms with Crippen LogP contribution in [0, 0.1) is 0 Å². The summed E-state index contributed by atoms with van der Waals surface area (Å²) in [6, 6.07) is 50.4. The summed E-state index contributed by atoms with van der Waals surface area (Å²) in [6.07, 6.45) is 1.62. The fourth-order valence-electron chi connectivity index (χ4n) is 7.62. The monoisotopic (exact) mass is 662 g/mol. The summed E-state index contributed by atoms with van der Waals surface area (Å²) in [6.45, 7) is 0. The molecular weight excluding hydrogens is 637 g/mol. The molecule has 4 nitrogen and oxygen atoms in total. The number of pyridine rings is 1. The Morgan fingerprint density at radius 1 is 0.531 bits per heavy atom. The van der Waals surface area contributed by atoms with E-state index < -0.39 is 0 Å². The van der Waals surface area contributed by atoms with Gasteiger partial charge in [0.2, 0.25) is 0 Å². The molecule has 1 aliphatic heterocycles. The van der Waals surface area contributed by atoms with Crippen LogP contribution in [-0.4, -0.2) is 15.3 Å². The van der Waals surface area contributed by atoms with E-state index in [1.165, 1.54) is 57.5 Å². The molecule has 0 fully saturated rings. The second-order valence-electron chi connectivity index (χ2n) is 12.7. The number of anilines is 1. The van der Waals surface area contributed by atoms with Crippen molar-refractivity contribution >= 4 is 102 Å². The van der Waals surface area contributed by atoms with Crippen molar-refractivity contribution in [3.8, 4) is 11.3 Å². The molecule has 0 amide bonds. The van der Waals surface area contributed by atoms with Crippen LogP contribution in [0.2, 0.25) is 0 Å². The lowest BCUT2D eigenvalue weighted by Gasteiger charge is -2.28. The molecule has 0 saturated carbocycles. The van der Waals surface area contributed by atoms with Gasteiger partial charge in [0.1, 0.15) is 16.9 Å². The maximum absolute atomic E-state index is 5.61. The number of aromatic nitrogens is 2. The van der Waals surface area contributed by atoms with E-state index in [9.17, 15) is 0 Å². The molecule has 1 aliphatic rings. The zero-order chi connectivity index (χ0) is 32.1. The molecule has 0 aliphatic carbocycles. The smallest absolute Gasteiger partial charge is 0.149 e. The normalized spacial score (nSPS) is 14.6. The topological polar surface area (TPSA) is 42.2 Å². The lowest BCUT2D eigenvalue weighted by Crippen LogP contribution is -2.29. The van der Waals surface area contributed by atoms with Crippen LogP contribution in [0.5, 0.6) is 0 Å². The minimum atomic E-state index is -0.230. The summed E-state index contributed by atoms with van der Waals surface area (Å²) in [4.78, 5) is 10.2. The molecule has 1 atom stereocenters. The Hall–Kier alpha value is -5.82. The second-order valence-corrected chi connectivity index (χ2v) is 14.8. The minimum absolute atomic E-state index is 0.230. The molecule has 1 unspecified atom stereocenters. The Kier molecular flexibility index (Phi) is 5.73. The molecule has 6 heteroatoms. The van der Waals surface area contributed by atoms with E-state index in [0.29, 0.717) is 0 Å². The van der Waals surface area contributed by atoms with Crippen LogP contribution in [-0.2, 0) is 0 Å². The van der Waals surface area contributed by atoms with E-state index in [-0.39, 0.29) is 6.17 Å². The molecule has 1 N–H and O–H groups in total. The van der Waals surface area contributed by atoms with Gasteiger partial charge in [-0.15, -0.1) is 22.7 Å². The Bertz CT molecular complexity index is 2980. The number of hydrogen-bond acceptors (Lipinski definition) is 5. The number of thiophene rings is 2. The first-order chi connectivity index (χ1) is 24.3. The Morgan fingerprint density at radius 2 is 1.24 bits per heavy atom. The molecule has 11 rings (SSSR count). The van der Waals surface area contributed by atoms with E-state index in [4.69, 9.17) is 4.99 Å². The summed E-state index contributed by atoms with van der Waals surface area (Å²) < 4.78 is 6.24. The predicted molar refractivity (Wildman–Crippen MR) is 210 cm³/mol. The largest absolute Gasteiger partial charge is 0.350 e. The van der Waals surface area contributed by atoms with Crippen LogP contribution in [0.1, 0.15) is 11.7 Å². The van der Waals surface area contributed by atoms with Crippen molar-refractivity contribution in [2.24, 2.45) is 4.99 Å². The lowest BCUT2D eigenvalue weighted by molar-refractivity contribution is 0.762. The van der Waals surface area contributed by atoms with Crippen molar-refractivity contribution in [2.45, 2.75) is 6.17 Å². The van der Waals surface area contributed by atoms with Crippen LogP contribution >= 0.6 is 22.7 Å². The third-order valence-electron chi connectivity index (χ3n) is 9.89. The summed E-state index contributed by atoms with van der Waals surface area (Å²) in [5, 5.41) is 13.8. The van der Waals surface area contributed by atoms with Crippen molar-refractivity contribution in [3.63, 3.8) is 0 Å². The van der Waals surface area contributed by atoms with E-state index >= 15 is 0 Å². The SMILES string of the molecule is c1ccc(-c2ccc3c4c(sc3c2)NC(n2c3ccccc3c3cc5ccccc5cc32)C(c2ccc3c(c2)sc2ccccc23)=N4)nc1. The first kappa shape index (κ1) is 27.2. The van der Waals surface area contributed by atoms with Crippen LogP contribution in [0.4, 0.5) is 10.7 Å². The molecule has 6 aromatic carbocycles. The molecule has 230 valence electrons. The van der Waals surface area contributed by atoms with Crippen LogP contribution in [0.25, 0.3) is 74.1 Å². The molecule has 0 saturated heterocycles. The van der Waals surface area contributed by atoms with Crippen molar-refractivity contribution in [3.05, 3.63) is 151 Å². The van der Waals surface area contributed by atoms with E-state index in [1.54, 1.807) is 11.3 Å². The fourth-order valence-corrected chi connectivity index (χ4v) is 9.86. The van der Waals surface area contributed by atoms with Gasteiger partial charge in [0.05, 0.1) is 22.4 Å². The van der Waals surface area contributed by atoms with Crippen molar-refractivity contribution < 1.29 is 0 Å². The standard InChI is InChI=1S/C43H26N4S2/c1-2-10-26-22-36-33(21-25(26)9-1)29-11-3-5-14-35(29)47(36)42-40(28-17-18-31-30-12-4-6-15-37(30)48-38(31)24-28)45-41-32-19-16-27(34-13-7-8-20-44-34)23-39(32)49-43(41)46-42/h1-24,42,46H. The van der Waals surface area contributed by atoms with Gasteiger partial charge in [-0.05, 0) is 59.3 Å². The van der Waals surface area contributed by atoms with E-state index in [2.05, 4.69) is 142 Å². The van der Waals surface area contributed by atoms with Crippen molar-refractivity contribution in [1.82, 2.24) is 9.55 Å². The van der Waals surface area contributed by atoms with Gasteiger partial charge in [-0.2, -0.15) is 0 Å². The zero-order valence-corrected chi connectivity index (χ0v) is 27.7. The van der Waals surface area contributed by atoms with Gasteiger partial charge in [-0.25, -0.2) is 4.99 Å². The van der Waals surface area contributed by atoms with Gasteiger partial charge >= 0.3 is 0 Å². The van der Waals surface area contributed by atoms with E-state index in [0.717, 1.165) is 38.6 Å². The number of fused-ring (bicyclic) bond motifs is 10. The highest BCUT2D eigenvalue weighted by Crippen LogP contribution is 2.49. The van der Waals surface area contributed by atoms with Gasteiger partial charge in [0, 0.05) is 58.4 Å². The summed E-state index contributed by atoms with van der Waals surface area (Å²) >= 11 is 3.62. The van der Waals surface area contributed by atoms with Crippen LogP contribution in [0.3, 0.4) is 0 Å². The summed E-state index contributed by atoms with van der Waals surface area (Å²) in [5.41, 5.74) is 7.59. The molecule has 0 spiro atoms. The highest BCUT2D eigenvalue weighted by atomic mass is 32.1. The third kappa shape index (κ3) is 4.08. The molecular formula is C43H26N4S2. The number of rotatable bonds is 3. The number of nitrogens with zero attached hydrogens (tertiary/aromatic N) is 3. The van der Waals surface area contributed by atoms with Crippen molar-refractivity contribution in [2.75, 3.05) is 5.32 Å². The second kappa shape index (κ2) is 10.3. The minimum Gasteiger partial charge on any atom is -0.350 e. The van der Waals surface area contributed by atoms with Crippen LogP contribution in [0.15, 0.2) is 151 Å². The molecule has 0 bridgehead atoms. The average Bonchev–Trinajstić information content (AvgIpc) is 3.81. The first-order valence-corrected chi connectivity index (χ1v) is 18.1. The molecule has 4 aromatic heterocycles. The molecule has 49 heavy (non-hydrogen) atoms. The first-order valence-electron chi connectivity index (χ1n) is 16.4. The molecule has 10 aromatic rings. The van der Waals surface area contributed by atoms with Gasteiger partial charge in [-0.3, -0.25) is 4.98 Å². The zero-order valence-electron chi connectivity index (χ0n) is 26.1. The highest BCUT2D eigenvalue weighted by Gasteiger charge is 2.31. The lowest BCUT2D eigenvalue weighted by atomic mass is 10.0. The average molecular weight is 663 g/mol.